The van der Waals surface area contributed by atoms with Crippen molar-refractivity contribution in [2.24, 2.45) is 0 Å². The van der Waals surface area contributed by atoms with E-state index in [0.717, 1.165) is 44.5 Å². The van der Waals surface area contributed by atoms with E-state index in [9.17, 15) is 19.8 Å². The average molecular weight is 761 g/mol. The maximum atomic E-state index is 13.2. The summed E-state index contributed by atoms with van der Waals surface area (Å²) in [6, 6.07) is 16.7. The maximum Gasteiger partial charge on any atom is 0.310 e. The highest BCUT2D eigenvalue weighted by molar-refractivity contribution is 5.74. The molecular weight excluding hydrogens is 697 g/mol. The van der Waals surface area contributed by atoms with E-state index in [-0.39, 0.29) is 57.9 Å². The van der Waals surface area contributed by atoms with Gasteiger partial charge in [-0.25, -0.2) is 0 Å². The second-order valence-corrected chi connectivity index (χ2v) is 19.9. The first-order chi connectivity index (χ1) is 25.8. The van der Waals surface area contributed by atoms with Gasteiger partial charge in [0, 0.05) is 60.8 Å². The van der Waals surface area contributed by atoms with E-state index >= 15 is 0 Å². The Morgan fingerprint density at radius 2 is 0.625 bits per heavy atom. The molecule has 0 spiro atoms. The molecule has 6 nitrogen and oxygen atoms in total. The van der Waals surface area contributed by atoms with Crippen molar-refractivity contribution in [3.05, 3.63) is 115 Å². The Kier molecular flexibility index (Phi) is 11.7. The van der Waals surface area contributed by atoms with Crippen LogP contribution in [0.25, 0.3) is 0 Å². The monoisotopic (exact) mass is 760 g/mol. The largest absolute Gasteiger partial charge is 0.507 e. The van der Waals surface area contributed by atoms with Crippen LogP contribution >= 0.6 is 0 Å². The Bertz CT molecular complexity index is 1910. The van der Waals surface area contributed by atoms with Crippen molar-refractivity contribution in [2.45, 2.75) is 157 Å². The zero-order chi connectivity index (χ0) is 41.7. The Morgan fingerprint density at radius 1 is 0.429 bits per heavy atom. The van der Waals surface area contributed by atoms with Crippen molar-refractivity contribution in [1.29, 1.82) is 0 Å². The van der Waals surface area contributed by atoms with Crippen LogP contribution in [0.2, 0.25) is 0 Å². The fourth-order valence-corrected chi connectivity index (χ4v) is 7.28. The van der Waals surface area contributed by atoms with Crippen LogP contribution in [-0.4, -0.2) is 22.2 Å². The number of rotatable bonds is 4. The molecule has 0 aromatic heterocycles. The van der Waals surface area contributed by atoms with Crippen LogP contribution in [0.15, 0.2) is 48.5 Å². The van der Waals surface area contributed by atoms with Crippen LogP contribution in [-0.2, 0) is 56.9 Å². The molecule has 5 rings (SSSR count). The summed E-state index contributed by atoms with van der Waals surface area (Å²) in [5, 5.41) is 24.6. The van der Waals surface area contributed by atoms with Crippen molar-refractivity contribution in [1.82, 2.24) is 0 Å². The minimum Gasteiger partial charge on any atom is -0.507 e. The number of hydrogen-bond acceptors (Lipinski definition) is 6. The summed E-state index contributed by atoms with van der Waals surface area (Å²) in [4.78, 5) is 26.4. The van der Waals surface area contributed by atoms with Crippen molar-refractivity contribution < 1.29 is 29.3 Å². The van der Waals surface area contributed by atoms with Gasteiger partial charge in [-0.1, -0.05) is 145 Å². The Balaban J connectivity index is 1.98. The molecule has 4 aromatic carbocycles. The highest BCUT2D eigenvalue weighted by Gasteiger charge is 2.29. The highest BCUT2D eigenvalue weighted by atomic mass is 16.5. The summed E-state index contributed by atoms with van der Waals surface area (Å²) in [7, 11) is 0. The molecular formula is C50H64O6. The third-order valence-corrected chi connectivity index (χ3v) is 11.0. The second-order valence-electron chi connectivity index (χ2n) is 19.9. The molecule has 1 aliphatic carbocycles. The van der Waals surface area contributed by atoms with Gasteiger partial charge in [0.25, 0.3) is 0 Å². The van der Waals surface area contributed by atoms with Crippen LogP contribution < -0.4 is 9.47 Å². The van der Waals surface area contributed by atoms with E-state index in [1.54, 1.807) is 13.8 Å². The standard InChI is InChI=1S/C50H64O6/c1-15-41(51)55-45-33-17-29-21-37(47(3,4)5)23-31(43(29)53)19-35-27-40(50(12,13)14)28-36(46(35)56-42(52)16-2)20-32-24-38(48(6,7)8)22-30(44(32)54)18-34(45)26-39(25-33)49(9,10)11/h21-28,53-54H,15-20H2,1-14H3. The van der Waals surface area contributed by atoms with Gasteiger partial charge in [0.15, 0.2) is 0 Å². The molecule has 2 N–H and O–H groups in total. The zero-order valence-electron chi connectivity index (χ0n) is 36.4. The number of hydrogen-bond donors (Lipinski definition) is 2. The number of carbonyl (C=O) groups excluding carboxylic acids is 2. The first kappa shape index (κ1) is 42.6. The van der Waals surface area contributed by atoms with Gasteiger partial charge >= 0.3 is 11.9 Å². The van der Waals surface area contributed by atoms with Crippen LogP contribution in [0.3, 0.4) is 0 Å². The smallest absolute Gasteiger partial charge is 0.310 e. The summed E-state index contributed by atoms with van der Waals surface area (Å²) in [5.41, 5.74) is 9.21. The molecule has 0 radical (unpaired) electrons. The molecule has 1 aliphatic rings. The van der Waals surface area contributed by atoms with E-state index in [0.29, 0.717) is 59.4 Å². The number of carbonyl (C=O) groups is 2. The Morgan fingerprint density at radius 3 is 0.804 bits per heavy atom. The van der Waals surface area contributed by atoms with Crippen molar-refractivity contribution in [3.8, 4) is 23.0 Å². The predicted octanol–water partition coefficient (Wildman–Crippen LogP) is 11.6. The normalized spacial score (nSPS) is 13.7. The first-order valence-electron chi connectivity index (χ1n) is 20.2. The van der Waals surface area contributed by atoms with Gasteiger partial charge in [-0.2, -0.15) is 0 Å². The number of esters is 2. The molecule has 0 unspecified atom stereocenters. The number of fused-ring (bicyclic) bond motifs is 8. The van der Waals surface area contributed by atoms with E-state index in [1.165, 1.54) is 0 Å². The van der Waals surface area contributed by atoms with E-state index in [2.05, 4.69) is 132 Å². The average Bonchev–Trinajstić information content (AvgIpc) is 3.07. The summed E-state index contributed by atoms with van der Waals surface area (Å²) < 4.78 is 12.5. The number of aromatic hydroxyl groups is 2. The molecule has 0 saturated heterocycles. The van der Waals surface area contributed by atoms with Gasteiger partial charge in [-0.05, 0) is 66.2 Å². The minimum atomic E-state index is -0.352. The molecule has 0 aliphatic heterocycles. The lowest BCUT2D eigenvalue weighted by atomic mass is 9.79. The first-order valence-corrected chi connectivity index (χ1v) is 20.2. The van der Waals surface area contributed by atoms with Crippen LogP contribution in [0.1, 0.15) is 177 Å². The molecule has 300 valence electrons. The number of phenols is 2. The third kappa shape index (κ3) is 9.33. The molecule has 0 amide bonds. The maximum absolute atomic E-state index is 13.2. The minimum absolute atomic E-state index is 0.161. The second kappa shape index (κ2) is 15.4. The van der Waals surface area contributed by atoms with Crippen LogP contribution in [0.5, 0.6) is 23.0 Å². The topological polar surface area (TPSA) is 93.1 Å². The lowest BCUT2D eigenvalue weighted by molar-refractivity contribution is -0.135. The number of ether oxygens (including phenoxy) is 2. The van der Waals surface area contributed by atoms with Gasteiger partial charge in [-0.3, -0.25) is 9.59 Å². The van der Waals surface area contributed by atoms with Gasteiger partial charge < -0.3 is 19.7 Å². The lowest BCUT2D eigenvalue weighted by Crippen LogP contribution is -2.18. The Labute approximate surface area is 335 Å². The summed E-state index contributed by atoms with van der Waals surface area (Å²) in [5.74, 6) is 0.552. The zero-order valence-corrected chi connectivity index (χ0v) is 36.4. The Hall–Kier alpha value is -4.58. The number of phenolic OH excluding ortho intramolecular Hbond substituents is 2. The third-order valence-electron chi connectivity index (χ3n) is 11.0. The molecule has 0 saturated carbocycles. The fourth-order valence-electron chi connectivity index (χ4n) is 7.28. The van der Waals surface area contributed by atoms with Crippen molar-refractivity contribution in [3.63, 3.8) is 0 Å². The quantitative estimate of drug-likeness (QED) is 0.140. The van der Waals surface area contributed by atoms with Gasteiger partial charge in [0.1, 0.15) is 23.0 Å². The number of benzene rings is 4. The molecule has 6 heteroatoms. The molecule has 0 heterocycles. The van der Waals surface area contributed by atoms with E-state index in [4.69, 9.17) is 9.47 Å². The SMILES string of the molecule is CCC(=O)Oc1c2cc(C(C)(C)C)cc1Cc1cc(C(C)(C)C)cc(c1O)Cc1cc(C(C)(C)C)cc(c1OC(=O)CC)Cc1cc(C(C)(C)C)cc(c1O)C2. The molecule has 4 aromatic rings. The summed E-state index contributed by atoms with van der Waals surface area (Å²) in [6.07, 6.45) is 1.60. The lowest BCUT2D eigenvalue weighted by Gasteiger charge is -2.28. The highest BCUT2D eigenvalue weighted by Crippen LogP contribution is 2.44. The van der Waals surface area contributed by atoms with Crippen LogP contribution in [0, 0.1) is 0 Å². The van der Waals surface area contributed by atoms with Crippen molar-refractivity contribution >= 4 is 11.9 Å². The molecule has 56 heavy (non-hydrogen) atoms. The van der Waals surface area contributed by atoms with Crippen LogP contribution in [0.4, 0.5) is 0 Å². The fraction of sp³-hybridized carbons (Fsp3) is 0.480. The van der Waals surface area contributed by atoms with E-state index < -0.39 is 0 Å². The summed E-state index contributed by atoms with van der Waals surface area (Å²) in [6.45, 7) is 29.5. The van der Waals surface area contributed by atoms with Crippen molar-refractivity contribution in [2.75, 3.05) is 0 Å². The van der Waals surface area contributed by atoms with E-state index in [1.807, 2.05) is 0 Å². The summed E-state index contributed by atoms with van der Waals surface area (Å²) >= 11 is 0. The predicted molar refractivity (Wildman–Crippen MR) is 227 cm³/mol. The molecule has 0 fully saturated rings. The van der Waals surface area contributed by atoms with Gasteiger partial charge in [0.2, 0.25) is 0 Å². The molecule has 8 bridgehead atoms. The van der Waals surface area contributed by atoms with Gasteiger partial charge in [0.05, 0.1) is 0 Å². The molecule has 0 atom stereocenters. The van der Waals surface area contributed by atoms with Gasteiger partial charge in [-0.15, -0.1) is 0 Å².